The van der Waals surface area contributed by atoms with E-state index in [1.165, 1.54) is 31.3 Å². The summed E-state index contributed by atoms with van der Waals surface area (Å²) in [6.45, 7) is 6.59. The number of allylic oxidation sites excluding steroid dienone is 1. The average molecular weight is 265 g/mol. The summed E-state index contributed by atoms with van der Waals surface area (Å²) in [4.78, 5) is 0. The Morgan fingerprint density at radius 1 is 1.47 bits per heavy atom. The highest BCUT2D eigenvalue weighted by Gasteiger charge is 2.50. The normalized spacial score (nSPS) is 33.5. The van der Waals surface area contributed by atoms with Crippen molar-refractivity contribution in [3.8, 4) is 0 Å². The largest absolute Gasteiger partial charge is 0.389 e. The molecule has 4 rings (SSSR count). The third-order valence-corrected chi connectivity index (χ3v) is 5.38. The summed E-state index contributed by atoms with van der Waals surface area (Å²) in [5, 5.41) is 13.2. The van der Waals surface area contributed by atoms with Gasteiger partial charge < -0.3 is 15.2 Å². The Labute approximate surface area is 116 Å². The van der Waals surface area contributed by atoms with E-state index in [2.05, 4.69) is 25.2 Å². The van der Waals surface area contributed by atoms with Crippen LogP contribution in [0.2, 0.25) is 0 Å². The molecule has 2 fully saturated rings. The molecule has 4 aliphatic carbocycles. The fourth-order valence-corrected chi connectivity index (χ4v) is 3.60. The van der Waals surface area contributed by atoms with Gasteiger partial charge in [0.15, 0.2) is 0 Å². The van der Waals surface area contributed by atoms with Crippen molar-refractivity contribution in [3.63, 3.8) is 0 Å². The molecule has 0 heterocycles. The second kappa shape index (κ2) is 5.19. The molecule has 0 aliphatic heterocycles. The van der Waals surface area contributed by atoms with E-state index >= 15 is 0 Å². The minimum absolute atomic E-state index is 0.369. The van der Waals surface area contributed by atoms with E-state index < -0.39 is 0 Å². The number of aliphatic hydroxyl groups excluding tert-OH is 1. The second-order valence-corrected chi connectivity index (χ2v) is 7.17. The fraction of sp³-hybridized carbons (Fsp3) is 0.875. The van der Waals surface area contributed by atoms with Crippen LogP contribution in [0.4, 0.5) is 0 Å². The summed E-state index contributed by atoms with van der Waals surface area (Å²) in [5.74, 6) is 1.60. The van der Waals surface area contributed by atoms with Gasteiger partial charge in [-0.15, -0.1) is 0 Å². The molecule has 0 aromatic rings. The summed E-state index contributed by atoms with van der Waals surface area (Å²) in [6.07, 6.45) is 7.09. The Bertz CT molecular complexity index is 360. The quantitative estimate of drug-likeness (QED) is 0.693. The van der Waals surface area contributed by atoms with Crippen molar-refractivity contribution in [3.05, 3.63) is 11.6 Å². The first kappa shape index (κ1) is 13.6. The Morgan fingerprint density at radius 2 is 2.26 bits per heavy atom. The molecule has 108 valence electrons. The minimum Gasteiger partial charge on any atom is -0.389 e. The molecule has 0 unspecified atom stereocenters. The summed E-state index contributed by atoms with van der Waals surface area (Å²) in [6, 6.07) is 0.656. The van der Waals surface area contributed by atoms with Gasteiger partial charge in [0.05, 0.1) is 19.3 Å². The number of ether oxygens (including phenoxy) is 1. The molecule has 0 aromatic heterocycles. The first-order valence-corrected chi connectivity index (χ1v) is 7.75. The van der Waals surface area contributed by atoms with Gasteiger partial charge in [0, 0.05) is 12.6 Å². The van der Waals surface area contributed by atoms with Gasteiger partial charge in [-0.3, -0.25) is 0 Å². The summed E-state index contributed by atoms with van der Waals surface area (Å²) in [7, 11) is 0. The van der Waals surface area contributed by atoms with Crippen LogP contribution in [0.1, 0.15) is 39.5 Å². The fourth-order valence-electron chi connectivity index (χ4n) is 3.60. The van der Waals surface area contributed by atoms with E-state index in [4.69, 9.17) is 4.74 Å². The van der Waals surface area contributed by atoms with Gasteiger partial charge >= 0.3 is 0 Å². The SMILES string of the molecule is CC1(C)[C@@H]2CC=C(COC[C@H](O)CNC3CC3)[C@@H]1C2. The third kappa shape index (κ3) is 2.88. The molecule has 2 saturated carbocycles. The van der Waals surface area contributed by atoms with Gasteiger partial charge in [-0.25, -0.2) is 0 Å². The van der Waals surface area contributed by atoms with Crippen molar-refractivity contribution < 1.29 is 9.84 Å². The number of hydrogen-bond donors (Lipinski definition) is 2. The lowest BCUT2D eigenvalue weighted by Gasteiger charge is -2.56. The first-order valence-electron chi connectivity index (χ1n) is 7.75. The monoisotopic (exact) mass is 265 g/mol. The summed E-state index contributed by atoms with van der Waals surface area (Å²) >= 11 is 0. The smallest absolute Gasteiger partial charge is 0.0897 e. The molecule has 0 aromatic carbocycles. The van der Waals surface area contributed by atoms with E-state index in [0.717, 1.165) is 5.92 Å². The molecule has 3 atom stereocenters. The van der Waals surface area contributed by atoms with E-state index in [1.54, 1.807) is 0 Å². The first-order chi connectivity index (χ1) is 9.07. The van der Waals surface area contributed by atoms with Gasteiger partial charge in [-0.2, -0.15) is 0 Å². The highest BCUT2D eigenvalue weighted by Crippen LogP contribution is 2.59. The molecule has 3 nitrogen and oxygen atoms in total. The van der Waals surface area contributed by atoms with Crippen LogP contribution in [0, 0.1) is 17.3 Å². The van der Waals surface area contributed by atoms with Gasteiger partial charge in [0.25, 0.3) is 0 Å². The van der Waals surface area contributed by atoms with Gasteiger partial charge in [-0.05, 0) is 48.5 Å². The maximum absolute atomic E-state index is 9.83. The van der Waals surface area contributed by atoms with E-state index in [1.807, 2.05) is 0 Å². The van der Waals surface area contributed by atoms with Crippen molar-refractivity contribution in [2.24, 2.45) is 17.3 Å². The average Bonchev–Trinajstić information content (AvgIpc) is 3.20. The van der Waals surface area contributed by atoms with Crippen molar-refractivity contribution in [1.29, 1.82) is 0 Å². The molecule has 2 bridgehead atoms. The molecular weight excluding hydrogens is 238 g/mol. The zero-order chi connectivity index (χ0) is 13.5. The molecule has 2 N–H and O–H groups in total. The topological polar surface area (TPSA) is 41.5 Å². The molecule has 19 heavy (non-hydrogen) atoms. The van der Waals surface area contributed by atoms with Crippen LogP contribution in [0.5, 0.6) is 0 Å². The van der Waals surface area contributed by atoms with Crippen LogP contribution in [0.15, 0.2) is 11.6 Å². The number of nitrogens with one attached hydrogen (secondary N) is 1. The maximum atomic E-state index is 9.83. The molecule has 3 heteroatoms. The minimum atomic E-state index is -0.369. The highest BCUT2D eigenvalue weighted by atomic mass is 16.5. The highest BCUT2D eigenvalue weighted by molar-refractivity contribution is 5.23. The number of rotatable bonds is 7. The van der Waals surface area contributed by atoms with Crippen LogP contribution >= 0.6 is 0 Å². The predicted octanol–water partition coefficient (Wildman–Crippen LogP) is 2.11. The van der Waals surface area contributed by atoms with Crippen LogP contribution in [-0.2, 0) is 4.74 Å². The van der Waals surface area contributed by atoms with Crippen molar-refractivity contribution in [1.82, 2.24) is 5.32 Å². The second-order valence-electron chi connectivity index (χ2n) is 7.17. The Hall–Kier alpha value is -0.380. The summed E-state index contributed by atoms with van der Waals surface area (Å²) < 4.78 is 5.72. The zero-order valence-electron chi connectivity index (χ0n) is 12.2. The Morgan fingerprint density at radius 3 is 2.89 bits per heavy atom. The van der Waals surface area contributed by atoms with Crippen molar-refractivity contribution >= 4 is 0 Å². The molecule has 0 spiro atoms. The predicted molar refractivity (Wildman–Crippen MR) is 75.9 cm³/mol. The molecular formula is C16H27NO2. The van der Waals surface area contributed by atoms with Crippen molar-refractivity contribution in [2.75, 3.05) is 19.8 Å². The lowest BCUT2D eigenvalue weighted by atomic mass is 9.49. The number of aliphatic hydroxyl groups is 1. The van der Waals surface area contributed by atoms with Crippen LogP contribution in [0.25, 0.3) is 0 Å². The third-order valence-electron chi connectivity index (χ3n) is 5.38. The van der Waals surface area contributed by atoms with Crippen molar-refractivity contribution in [2.45, 2.75) is 51.7 Å². The van der Waals surface area contributed by atoms with E-state index in [-0.39, 0.29) is 6.10 Å². The van der Waals surface area contributed by atoms with Crippen LogP contribution < -0.4 is 5.32 Å². The lowest BCUT2D eigenvalue weighted by molar-refractivity contribution is -0.0235. The molecule has 4 aliphatic rings. The molecule has 0 radical (unpaired) electrons. The van der Waals surface area contributed by atoms with Gasteiger partial charge in [-0.1, -0.05) is 19.9 Å². The number of hydrogen-bond acceptors (Lipinski definition) is 3. The van der Waals surface area contributed by atoms with Crippen LogP contribution in [-0.4, -0.2) is 37.0 Å². The van der Waals surface area contributed by atoms with Crippen LogP contribution in [0.3, 0.4) is 0 Å². The maximum Gasteiger partial charge on any atom is 0.0897 e. The van der Waals surface area contributed by atoms with E-state index in [9.17, 15) is 5.11 Å². The van der Waals surface area contributed by atoms with Gasteiger partial charge in [0.2, 0.25) is 0 Å². The molecule has 0 saturated heterocycles. The van der Waals surface area contributed by atoms with E-state index in [0.29, 0.717) is 37.1 Å². The number of fused-ring (bicyclic) bond motifs is 1. The van der Waals surface area contributed by atoms with Gasteiger partial charge in [0.1, 0.15) is 0 Å². The lowest BCUT2D eigenvalue weighted by Crippen LogP contribution is -2.48. The molecule has 0 amide bonds. The Balaban J connectivity index is 1.36. The Kier molecular flexibility index (Phi) is 3.71. The zero-order valence-corrected chi connectivity index (χ0v) is 12.2. The standard InChI is InChI=1S/C16H27NO2/c1-16(2)12-4-3-11(15(16)7-12)9-19-10-14(18)8-17-13-5-6-13/h3,12-15,17-18H,4-10H2,1-2H3/t12-,14-,15+/m1/s1. The summed E-state index contributed by atoms with van der Waals surface area (Å²) in [5.41, 5.74) is 1.94.